The Hall–Kier alpha value is -0.970. The standard InChI is InChI=1S/C14H20FNO2/c15-13-3-1-2-12(8-13)14(17)9-16-6-7-18-10-11-4-5-11/h1-3,8,11,14,16-17H,4-7,9-10H2. The molecule has 3 nitrogen and oxygen atoms in total. The van der Waals surface area contributed by atoms with Crippen LogP contribution in [0.1, 0.15) is 24.5 Å². The Bertz CT molecular complexity index is 369. The third-order valence-corrected chi connectivity index (χ3v) is 3.04. The van der Waals surface area contributed by atoms with E-state index >= 15 is 0 Å². The zero-order valence-corrected chi connectivity index (χ0v) is 10.4. The number of rotatable bonds is 8. The molecule has 0 amide bonds. The lowest BCUT2D eigenvalue weighted by Crippen LogP contribution is -2.25. The summed E-state index contributed by atoms with van der Waals surface area (Å²) in [5.74, 6) is 0.460. The molecule has 0 bridgehead atoms. The van der Waals surface area contributed by atoms with Crippen LogP contribution in [-0.4, -0.2) is 31.4 Å². The van der Waals surface area contributed by atoms with Crippen molar-refractivity contribution in [3.05, 3.63) is 35.6 Å². The molecule has 0 spiro atoms. The number of ether oxygens (including phenoxy) is 1. The van der Waals surface area contributed by atoms with Crippen LogP contribution in [0.2, 0.25) is 0 Å². The van der Waals surface area contributed by atoms with E-state index in [9.17, 15) is 9.50 Å². The molecule has 2 rings (SSSR count). The van der Waals surface area contributed by atoms with Crippen molar-refractivity contribution in [3.63, 3.8) is 0 Å². The van der Waals surface area contributed by atoms with E-state index in [1.807, 2.05) is 0 Å². The molecule has 18 heavy (non-hydrogen) atoms. The molecule has 0 saturated heterocycles. The second-order valence-corrected chi connectivity index (χ2v) is 4.79. The van der Waals surface area contributed by atoms with Crippen LogP contribution in [0, 0.1) is 11.7 Å². The topological polar surface area (TPSA) is 41.5 Å². The Morgan fingerprint density at radius 1 is 1.44 bits per heavy atom. The van der Waals surface area contributed by atoms with Crippen molar-refractivity contribution in [3.8, 4) is 0 Å². The summed E-state index contributed by atoms with van der Waals surface area (Å²) in [6.45, 7) is 2.63. The zero-order valence-electron chi connectivity index (χ0n) is 10.4. The molecule has 2 N–H and O–H groups in total. The van der Waals surface area contributed by atoms with E-state index in [2.05, 4.69) is 5.32 Å². The van der Waals surface area contributed by atoms with Gasteiger partial charge in [0.2, 0.25) is 0 Å². The van der Waals surface area contributed by atoms with E-state index in [-0.39, 0.29) is 5.82 Å². The number of hydrogen-bond donors (Lipinski definition) is 2. The highest BCUT2D eigenvalue weighted by atomic mass is 19.1. The van der Waals surface area contributed by atoms with Gasteiger partial charge in [-0.3, -0.25) is 0 Å². The maximum Gasteiger partial charge on any atom is 0.123 e. The van der Waals surface area contributed by atoms with Crippen LogP contribution >= 0.6 is 0 Å². The highest BCUT2D eigenvalue weighted by molar-refractivity contribution is 5.18. The molecule has 1 unspecified atom stereocenters. The molecule has 4 heteroatoms. The van der Waals surface area contributed by atoms with E-state index in [0.717, 1.165) is 12.5 Å². The molecular weight excluding hydrogens is 233 g/mol. The Balaban J connectivity index is 1.57. The zero-order chi connectivity index (χ0) is 12.8. The maximum atomic E-state index is 12.9. The predicted molar refractivity (Wildman–Crippen MR) is 67.8 cm³/mol. The van der Waals surface area contributed by atoms with Crippen LogP contribution in [0.25, 0.3) is 0 Å². The minimum Gasteiger partial charge on any atom is -0.387 e. The van der Waals surface area contributed by atoms with Crippen LogP contribution in [0.3, 0.4) is 0 Å². The third kappa shape index (κ3) is 4.72. The average molecular weight is 253 g/mol. The summed E-state index contributed by atoms with van der Waals surface area (Å²) >= 11 is 0. The molecule has 1 aliphatic carbocycles. The summed E-state index contributed by atoms with van der Waals surface area (Å²) in [4.78, 5) is 0. The molecular formula is C14H20FNO2. The van der Waals surface area contributed by atoms with Gasteiger partial charge in [-0.2, -0.15) is 0 Å². The first-order valence-corrected chi connectivity index (χ1v) is 6.47. The first-order chi connectivity index (χ1) is 8.75. The first-order valence-electron chi connectivity index (χ1n) is 6.47. The van der Waals surface area contributed by atoms with E-state index in [1.165, 1.54) is 25.0 Å². The fourth-order valence-corrected chi connectivity index (χ4v) is 1.75. The van der Waals surface area contributed by atoms with Gasteiger partial charge in [0.25, 0.3) is 0 Å². The van der Waals surface area contributed by atoms with Crippen LogP contribution in [0.15, 0.2) is 24.3 Å². The van der Waals surface area contributed by atoms with Crippen molar-refractivity contribution in [1.82, 2.24) is 5.32 Å². The fraction of sp³-hybridized carbons (Fsp3) is 0.571. The van der Waals surface area contributed by atoms with Crippen LogP contribution < -0.4 is 5.32 Å². The van der Waals surface area contributed by atoms with Crippen molar-refractivity contribution >= 4 is 0 Å². The van der Waals surface area contributed by atoms with Gasteiger partial charge < -0.3 is 15.2 Å². The maximum absolute atomic E-state index is 12.9. The van der Waals surface area contributed by atoms with Crippen molar-refractivity contribution in [2.75, 3.05) is 26.3 Å². The minimum absolute atomic E-state index is 0.320. The van der Waals surface area contributed by atoms with Gasteiger partial charge in [-0.1, -0.05) is 12.1 Å². The summed E-state index contributed by atoms with van der Waals surface area (Å²) in [5.41, 5.74) is 0.599. The lowest BCUT2D eigenvalue weighted by atomic mass is 10.1. The molecule has 1 fully saturated rings. The highest BCUT2D eigenvalue weighted by Crippen LogP contribution is 2.28. The largest absolute Gasteiger partial charge is 0.387 e. The Labute approximate surface area is 107 Å². The van der Waals surface area contributed by atoms with Gasteiger partial charge in [-0.15, -0.1) is 0 Å². The number of halogens is 1. The minimum atomic E-state index is -0.677. The SMILES string of the molecule is OC(CNCCOCC1CC1)c1cccc(F)c1. The van der Waals surface area contributed by atoms with E-state index in [0.29, 0.717) is 25.3 Å². The summed E-state index contributed by atoms with van der Waals surface area (Å²) in [6.07, 6.45) is 1.92. The molecule has 1 aromatic carbocycles. The number of benzene rings is 1. The first kappa shape index (κ1) is 13.5. The molecule has 1 saturated carbocycles. The molecule has 0 aliphatic heterocycles. The molecule has 100 valence electrons. The fourth-order valence-electron chi connectivity index (χ4n) is 1.75. The number of aliphatic hydroxyl groups excluding tert-OH is 1. The van der Waals surface area contributed by atoms with Crippen molar-refractivity contribution < 1.29 is 14.2 Å². The Kier molecular flexibility index (Phi) is 5.11. The summed E-state index contributed by atoms with van der Waals surface area (Å²) in [5, 5.41) is 12.9. The molecule has 0 radical (unpaired) electrons. The third-order valence-electron chi connectivity index (χ3n) is 3.04. The number of nitrogens with one attached hydrogen (secondary N) is 1. The van der Waals surface area contributed by atoms with E-state index < -0.39 is 6.10 Å². The van der Waals surface area contributed by atoms with Crippen molar-refractivity contribution in [2.24, 2.45) is 5.92 Å². The lowest BCUT2D eigenvalue weighted by molar-refractivity contribution is 0.119. The summed E-state index contributed by atoms with van der Waals surface area (Å²) in [7, 11) is 0. The predicted octanol–water partition coefficient (Wildman–Crippen LogP) is 1.88. The second kappa shape index (κ2) is 6.83. The lowest BCUT2D eigenvalue weighted by Gasteiger charge is -2.12. The van der Waals surface area contributed by atoms with Gasteiger partial charge in [0.15, 0.2) is 0 Å². The van der Waals surface area contributed by atoms with E-state index in [1.54, 1.807) is 12.1 Å². The molecule has 1 aromatic rings. The highest BCUT2D eigenvalue weighted by Gasteiger charge is 2.20. The van der Waals surface area contributed by atoms with Crippen molar-refractivity contribution in [1.29, 1.82) is 0 Å². The van der Waals surface area contributed by atoms with Crippen LogP contribution in [0.5, 0.6) is 0 Å². The van der Waals surface area contributed by atoms with Gasteiger partial charge in [0.05, 0.1) is 12.7 Å². The monoisotopic (exact) mass is 253 g/mol. The number of hydrogen-bond acceptors (Lipinski definition) is 3. The smallest absolute Gasteiger partial charge is 0.123 e. The average Bonchev–Trinajstić information content (AvgIpc) is 3.17. The summed E-state index contributed by atoms with van der Waals surface area (Å²) in [6, 6.07) is 6.05. The summed E-state index contributed by atoms with van der Waals surface area (Å²) < 4.78 is 18.4. The molecule has 0 heterocycles. The van der Waals surface area contributed by atoms with Gasteiger partial charge in [0, 0.05) is 19.7 Å². The van der Waals surface area contributed by atoms with Gasteiger partial charge >= 0.3 is 0 Å². The quantitative estimate of drug-likeness (QED) is 0.695. The molecule has 1 aliphatic rings. The molecule has 0 aromatic heterocycles. The van der Waals surface area contributed by atoms with Gasteiger partial charge in [0.1, 0.15) is 5.82 Å². The van der Waals surface area contributed by atoms with Gasteiger partial charge in [-0.05, 0) is 36.5 Å². The second-order valence-electron chi connectivity index (χ2n) is 4.79. The molecule has 1 atom stereocenters. The van der Waals surface area contributed by atoms with Gasteiger partial charge in [-0.25, -0.2) is 4.39 Å². The Morgan fingerprint density at radius 2 is 2.28 bits per heavy atom. The van der Waals surface area contributed by atoms with Crippen LogP contribution in [0.4, 0.5) is 4.39 Å². The van der Waals surface area contributed by atoms with Crippen LogP contribution in [-0.2, 0) is 4.74 Å². The van der Waals surface area contributed by atoms with Crippen molar-refractivity contribution in [2.45, 2.75) is 18.9 Å². The normalized spacial score (nSPS) is 16.8. The van der Waals surface area contributed by atoms with E-state index in [4.69, 9.17) is 4.74 Å². The number of aliphatic hydroxyl groups is 1. The Morgan fingerprint density at radius 3 is 3.00 bits per heavy atom.